The van der Waals surface area contributed by atoms with E-state index < -0.39 is 0 Å². The number of benzene rings is 2. The van der Waals surface area contributed by atoms with Crippen LogP contribution in [0.2, 0.25) is 5.02 Å². The van der Waals surface area contributed by atoms with Gasteiger partial charge < -0.3 is 4.98 Å². The molecular weight excluding hydrogens is 368 g/mol. The van der Waals surface area contributed by atoms with Gasteiger partial charge in [0.2, 0.25) is 0 Å². The molecule has 1 aliphatic heterocycles. The van der Waals surface area contributed by atoms with Crippen LogP contribution in [0.25, 0.3) is 22.0 Å². The second-order valence-corrected chi connectivity index (χ2v) is 8.10. The third kappa shape index (κ3) is 3.46. The fraction of sp³-hybridized carbons (Fsp3) is 0.261. The first kappa shape index (κ1) is 17.5. The molecule has 4 aromatic rings. The first-order valence-corrected chi connectivity index (χ1v) is 10.2. The molecule has 0 spiro atoms. The van der Waals surface area contributed by atoms with Crippen LogP contribution in [0, 0.1) is 0 Å². The second kappa shape index (κ2) is 7.46. The van der Waals surface area contributed by atoms with Crippen LogP contribution in [-0.2, 0) is 6.54 Å². The van der Waals surface area contributed by atoms with Gasteiger partial charge >= 0.3 is 0 Å². The highest BCUT2D eigenvalue weighted by Gasteiger charge is 2.25. The van der Waals surface area contributed by atoms with E-state index in [1.54, 1.807) is 0 Å². The zero-order chi connectivity index (χ0) is 18.9. The Kier molecular flexibility index (Phi) is 4.67. The molecule has 0 aliphatic carbocycles. The molecule has 1 fully saturated rings. The zero-order valence-electron chi connectivity index (χ0n) is 15.7. The van der Waals surface area contributed by atoms with Crippen LogP contribution < -0.4 is 0 Å². The predicted octanol–water partition coefficient (Wildman–Crippen LogP) is 5.59. The van der Waals surface area contributed by atoms with Gasteiger partial charge in [0.1, 0.15) is 0 Å². The topological polar surface area (TPSA) is 47.7 Å². The molecule has 142 valence electrons. The number of para-hydroxylation sites is 1. The van der Waals surface area contributed by atoms with Gasteiger partial charge in [-0.3, -0.25) is 10.00 Å². The number of hydrogen-bond acceptors (Lipinski definition) is 2. The number of piperidine rings is 1. The number of rotatable bonds is 4. The van der Waals surface area contributed by atoms with Gasteiger partial charge in [-0.15, -0.1) is 0 Å². The minimum atomic E-state index is 0.464. The van der Waals surface area contributed by atoms with E-state index in [0.29, 0.717) is 5.92 Å². The third-order valence-electron chi connectivity index (χ3n) is 5.72. The van der Waals surface area contributed by atoms with Crippen LogP contribution >= 0.6 is 11.6 Å². The van der Waals surface area contributed by atoms with Crippen molar-refractivity contribution in [2.24, 2.45) is 0 Å². The molecular formula is C23H23ClN4. The molecule has 0 radical (unpaired) electrons. The first-order chi connectivity index (χ1) is 13.8. The third-order valence-corrected chi connectivity index (χ3v) is 5.97. The van der Waals surface area contributed by atoms with Crippen LogP contribution in [-0.4, -0.2) is 33.2 Å². The van der Waals surface area contributed by atoms with Crippen molar-refractivity contribution in [2.75, 3.05) is 13.1 Å². The monoisotopic (exact) mass is 390 g/mol. The maximum Gasteiger partial charge on any atom is 0.0568 e. The lowest BCUT2D eigenvalue weighted by Gasteiger charge is -2.32. The number of aromatic nitrogens is 3. The second-order valence-electron chi connectivity index (χ2n) is 7.66. The maximum atomic E-state index is 6.05. The molecule has 28 heavy (non-hydrogen) atoms. The number of nitrogens with zero attached hydrogens (tertiary/aromatic N) is 2. The smallest absolute Gasteiger partial charge is 0.0568 e. The molecule has 2 aromatic carbocycles. The average Bonchev–Trinajstić information content (AvgIpc) is 3.35. The molecule has 1 aliphatic rings. The Balaban J connectivity index is 1.35. The quantitative estimate of drug-likeness (QED) is 0.477. The minimum Gasteiger partial charge on any atom is -0.357 e. The SMILES string of the molecule is Clc1ccc(-c2cn[nH]c2C2CCCN(Cc3cc4ccccc4[nH]3)C2)cc1. The van der Waals surface area contributed by atoms with Crippen molar-refractivity contribution in [3.05, 3.63) is 77.2 Å². The van der Waals surface area contributed by atoms with E-state index in [1.165, 1.54) is 46.3 Å². The summed E-state index contributed by atoms with van der Waals surface area (Å²) in [6.07, 6.45) is 4.32. The Morgan fingerprint density at radius 2 is 1.96 bits per heavy atom. The molecule has 0 bridgehead atoms. The molecule has 2 N–H and O–H groups in total. The van der Waals surface area contributed by atoms with Crippen molar-refractivity contribution in [2.45, 2.75) is 25.3 Å². The van der Waals surface area contributed by atoms with Gasteiger partial charge in [-0.25, -0.2) is 0 Å². The molecule has 4 nitrogen and oxygen atoms in total. The normalized spacial score (nSPS) is 18.0. The van der Waals surface area contributed by atoms with Gasteiger partial charge in [0.15, 0.2) is 0 Å². The van der Waals surface area contributed by atoms with Crippen LogP contribution in [0.15, 0.2) is 60.8 Å². The highest BCUT2D eigenvalue weighted by Crippen LogP contribution is 2.34. The highest BCUT2D eigenvalue weighted by molar-refractivity contribution is 6.30. The minimum absolute atomic E-state index is 0.464. The summed E-state index contributed by atoms with van der Waals surface area (Å²) >= 11 is 6.05. The summed E-state index contributed by atoms with van der Waals surface area (Å²) in [5, 5.41) is 9.67. The van der Waals surface area contributed by atoms with Crippen molar-refractivity contribution in [3.8, 4) is 11.1 Å². The van der Waals surface area contributed by atoms with Crippen molar-refractivity contribution >= 4 is 22.5 Å². The van der Waals surface area contributed by atoms with Gasteiger partial charge in [-0.05, 0) is 54.6 Å². The lowest BCUT2D eigenvalue weighted by atomic mass is 9.90. The van der Waals surface area contributed by atoms with Gasteiger partial charge in [0.05, 0.1) is 6.20 Å². The molecule has 5 heteroatoms. The molecule has 3 heterocycles. The molecule has 1 unspecified atom stereocenters. The molecule has 2 aromatic heterocycles. The van der Waals surface area contributed by atoms with Crippen LogP contribution in [0.5, 0.6) is 0 Å². The summed E-state index contributed by atoms with van der Waals surface area (Å²) in [7, 11) is 0. The standard InChI is InChI=1S/C23H23ClN4/c24-19-9-7-16(8-10-19)21-13-25-27-23(21)18-5-3-11-28(14-18)15-20-12-17-4-1-2-6-22(17)26-20/h1-2,4,6-10,12-13,18,26H,3,5,11,14-15H2,(H,25,27). The van der Waals surface area contributed by atoms with Gasteiger partial charge in [0.25, 0.3) is 0 Å². The van der Waals surface area contributed by atoms with Gasteiger partial charge in [-0.1, -0.05) is 41.9 Å². The number of fused-ring (bicyclic) bond motifs is 1. The van der Waals surface area contributed by atoms with Gasteiger partial charge in [-0.2, -0.15) is 5.10 Å². The molecule has 0 saturated carbocycles. The summed E-state index contributed by atoms with van der Waals surface area (Å²) in [4.78, 5) is 6.11. The lowest BCUT2D eigenvalue weighted by Crippen LogP contribution is -2.34. The molecule has 5 rings (SSSR count). The van der Waals surface area contributed by atoms with E-state index in [9.17, 15) is 0 Å². The van der Waals surface area contributed by atoms with Crippen LogP contribution in [0.1, 0.15) is 30.1 Å². The van der Waals surface area contributed by atoms with E-state index in [-0.39, 0.29) is 0 Å². The summed E-state index contributed by atoms with van der Waals surface area (Å²) in [5.74, 6) is 0.464. The number of halogens is 1. The number of hydrogen-bond donors (Lipinski definition) is 2. The summed E-state index contributed by atoms with van der Waals surface area (Å²) in [6.45, 7) is 3.13. The van der Waals surface area contributed by atoms with E-state index >= 15 is 0 Å². The predicted molar refractivity (Wildman–Crippen MR) is 115 cm³/mol. The maximum absolute atomic E-state index is 6.05. The fourth-order valence-electron chi connectivity index (χ4n) is 4.36. The zero-order valence-corrected chi connectivity index (χ0v) is 16.4. The first-order valence-electron chi connectivity index (χ1n) is 9.84. The van der Waals surface area contributed by atoms with Crippen molar-refractivity contribution in [1.29, 1.82) is 0 Å². The van der Waals surface area contributed by atoms with E-state index in [2.05, 4.69) is 62.5 Å². The Morgan fingerprint density at radius 1 is 1.11 bits per heavy atom. The van der Waals surface area contributed by atoms with E-state index in [1.807, 2.05) is 18.3 Å². The molecule has 0 amide bonds. The Hall–Kier alpha value is -2.56. The Labute approximate surface area is 169 Å². The Bertz CT molecular complexity index is 1050. The average molecular weight is 391 g/mol. The van der Waals surface area contributed by atoms with Crippen molar-refractivity contribution in [1.82, 2.24) is 20.1 Å². The highest BCUT2D eigenvalue weighted by atomic mass is 35.5. The van der Waals surface area contributed by atoms with E-state index in [0.717, 1.165) is 24.7 Å². The summed E-state index contributed by atoms with van der Waals surface area (Å²) in [5.41, 5.74) is 6.09. The van der Waals surface area contributed by atoms with Crippen LogP contribution in [0.3, 0.4) is 0 Å². The Morgan fingerprint density at radius 3 is 2.82 bits per heavy atom. The van der Waals surface area contributed by atoms with E-state index in [4.69, 9.17) is 11.6 Å². The van der Waals surface area contributed by atoms with Gasteiger partial charge in [0, 0.05) is 46.5 Å². The summed E-state index contributed by atoms with van der Waals surface area (Å²) in [6, 6.07) is 18.8. The molecule has 1 atom stereocenters. The van der Waals surface area contributed by atoms with Crippen molar-refractivity contribution in [3.63, 3.8) is 0 Å². The largest absolute Gasteiger partial charge is 0.357 e. The fourth-order valence-corrected chi connectivity index (χ4v) is 4.49. The lowest BCUT2D eigenvalue weighted by molar-refractivity contribution is 0.197. The molecule has 1 saturated heterocycles. The number of nitrogens with one attached hydrogen (secondary N) is 2. The number of likely N-dealkylation sites (tertiary alicyclic amines) is 1. The summed E-state index contributed by atoms with van der Waals surface area (Å²) < 4.78 is 0. The number of aromatic amines is 2. The number of H-pyrrole nitrogens is 2. The van der Waals surface area contributed by atoms with Crippen molar-refractivity contribution < 1.29 is 0 Å². The van der Waals surface area contributed by atoms with Crippen LogP contribution in [0.4, 0.5) is 0 Å².